The van der Waals surface area contributed by atoms with Crippen molar-refractivity contribution in [1.82, 2.24) is 10.2 Å². The Morgan fingerprint density at radius 3 is 2.07 bits per heavy atom. The molecule has 1 N–H and O–H groups in total. The number of hydrogen-bond donors (Lipinski definition) is 1. The fourth-order valence-electron chi connectivity index (χ4n) is 4.17. The highest BCUT2D eigenvalue weighted by Gasteiger charge is 2.34. The zero-order chi connectivity index (χ0) is 30.3. The minimum atomic E-state index is -4.26. The van der Waals surface area contributed by atoms with E-state index in [9.17, 15) is 18.0 Å². The third kappa shape index (κ3) is 8.52. The summed E-state index contributed by atoms with van der Waals surface area (Å²) in [6.45, 7) is 5.34. The summed E-state index contributed by atoms with van der Waals surface area (Å²) in [7, 11) is -4.26. The number of sulfonamides is 1. The standard InChI is InChI=1S/C29H31Cl4N3O4S/c1-4-12-34-29(38)27(5-2)35(17-20-8-11-25(32)26(33)13-20)28(37)18-36(23-15-21(30)14-22(31)16-23)41(39,40)24-9-6-19(3)7-10-24/h6-11,13-16,27H,4-5,12,17-18H2,1-3H3,(H,34,38)/t27-/m1/s1. The first-order chi connectivity index (χ1) is 19.4. The number of anilines is 1. The maximum Gasteiger partial charge on any atom is 0.264 e. The number of halogens is 4. The Kier molecular flexibility index (Phi) is 11.8. The van der Waals surface area contributed by atoms with Gasteiger partial charge in [-0.05, 0) is 67.8 Å². The highest BCUT2D eigenvalue weighted by atomic mass is 35.5. The molecule has 3 aromatic carbocycles. The van der Waals surface area contributed by atoms with Crippen LogP contribution in [0.4, 0.5) is 5.69 Å². The molecule has 0 aliphatic carbocycles. The third-order valence-corrected chi connectivity index (χ3v) is 9.26. The Morgan fingerprint density at radius 1 is 0.878 bits per heavy atom. The van der Waals surface area contributed by atoms with E-state index < -0.39 is 28.5 Å². The van der Waals surface area contributed by atoms with Gasteiger partial charge in [0.1, 0.15) is 12.6 Å². The van der Waals surface area contributed by atoms with Gasteiger partial charge >= 0.3 is 0 Å². The summed E-state index contributed by atoms with van der Waals surface area (Å²) in [4.78, 5) is 28.6. The molecule has 0 saturated heterocycles. The highest BCUT2D eigenvalue weighted by Crippen LogP contribution is 2.31. The second-order valence-electron chi connectivity index (χ2n) is 9.44. The molecule has 41 heavy (non-hydrogen) atoms. The molecule has 3 aromatic rings. The average molecular weight is 659 g/mol. The van der Waals surface area contributed by atoms with Gasteiger partial charge in [-0.2, -0.15) is 0 Å². The number of amides is 2. The molecule has 0 fully saturated rings. The van der Waals surface area contributed by atoms with Crippen LogP contribution in [0.25, 0.3) is 0 Å². The molecule has 0 unspecified atom stereocenters. The molecule has 12 heteroatoms. The van der Waals surface area contributed by atoms with E-state index in [1.54, 1.807) is 37.3 Å². The summed E-state index contributed by atoms with van der Waals surface area (Å²) in [5.41, 5.74) is 1.59. The molecular weight excluding hydrogens is 628 g/mol. The molecule has 0 spiro atoms. The summed E-state index contributed by atoms with van der Waals surface area (Å²) >= 11 is 24.8. The SMILES string of the molecule is CCCNC(=O)[C@@H](CC)N(Cc1ccc(Cl)c(Cl)c1)C(=O)CN(c1cc(Cl)cc(Cl)c1)S(=O)(=O)c1ccc(C)cc1. The number of carbonyl (C=O) groups is 2. The number of carbonyl (C=O) groups excluding carboxylic acids is 2. The summed E-state index contributed by atoms with van der Waals surface area (Å²) in [6, 6.07) is 14.6. The molecule has 3 rings (SSSR count). The van der Waals surface area contributed by atoms with Crippen LogP contribution in [0.2, 0.25) is 20.1 Å². The summed E-state index contributed by atoms with van der Waals surface area (Å²) in [5.74, 6) is -0.956. The van der Waals surface area contributed by atoms with Crippen LogP contribution >= 0.6 is 46.4 Å². The van der Waals surface area contributed by atoms with E-state index in [1.165, 1.54) is 35.2 Å². The normalized spacial score (nSPS) is 12.1. The van der Waals surface area contributed by atoms with Crippen molar-refractivity contribution in [3.05, 3.63) is 91.9 Å². The topological polar surface area (TPSA) is 86.8 Å². The van der Waals surface area contributed by atoms with E-state index in [4.69, 9.17) is 46.4 Å². The second kappa shape index (κ2) is 14.6. The zero-order valence-electron chi connectivity index (χ0n) is 22.8. The van der Waals surface area contributed by atoms with Gasteiger partial charge < -0.3 is 10.2 Å². The van der Waals surface area contributed by atoms with Crippen molar-refractivity contribution in [2.24, 2.45) is 0 Å². The molecule has 2 amide bonds. The lowest BCUT2D eigenvalue weighted by Crippen LogP contribution is -2.52. The van der Waals surface area contributed by atoms with E-state index in [1.807, 2.05) is 13.8 Å². The third-order valence-electron chi connectivity index (χ3n) is 6.30. The molecule has 0 aliphatic rings. The fraction of sp³-hybridized carbons (Fsp3) is 0.310. The largest absolute Gasteiger partial charge is 0.354 e. The summed E-state index contributed by atoms with van der Waals surface area (Å²) < 4.78 is 28.8. The smallest absolute Gasteiger partial charge is 0.264 e. The van der Waals surface area contributed by atoms with Crippen LogP contribution in [0, 0.1) is 6.92 Å². The minimum absolute atomic E-state index is 0.0114. The van der Waals surface area contributed by atoms with Crippen molar-refractivity contribution < 1.29 is 18.0 Å². The van der Waals surface area contributed by atoms with Crippen LogP contribution in [0.1, 0.15) is 37.8 Å². The Labute approximate surface area is 261 Å². The fourth-order valence-corrected chi connectivity index (χ4v) is 6.40. The minimum Gasteiger partial charge on any atom is -0.354 e. The van der Waals surface area contributed by atoms with Gasteiger partial charge in [-0.3, -0.25) is 13.9 Å². The summed E-state index contributed by atoms with van der Waals surface area (Å²) in [6.07, 6.45) is 0.997. The predicted molar refractivity (Wildman–Crippen MR) is 167 cm³/mol. The molecule has 7 nitrogen and oxygen atoms in total. The molecule has 0 saturated carbocycles. The lowest BCUT2D eigenvalue weighted by Gasteiger charge is -2.33. The van der Waals surface area contributed by atoms with Crippen molar-refractivity contribution in [2.45, 2.75) is 51.1 Å². The van der Waals surface area contributed by atoms with Crippen LogP contribution in [-0.2, 0) is 26.2 Å². The Hall–Kier alpha value is -2.49. The lowest BCUT2D eigenvalue weighted by molar-refractivity contribution is -0.140. The second-order valence-corrected chi connectivity index (χ2v) is 13.0. The average Bonchev–Trinajstić information content (AvgIpc) is 2.91. The number of nitrogens with zero attached hydrogens (tertiary/aromatic N) is 2. The number of benzene rings is 3. The van der Waals surface area contributed by atoms with Gasteiger partial charge in [-0.1, -0.05) is 84.0 Å². The van der Waals surface area contributed by atoms with E-state index in [2.05, 4.69) is 5.32 Å². The molecule has 0 aliphatic heterocycles. The molecule has 0 radical (unpaired) electrons. The zero-order valence-corrected chi connectivity index (χ0v) is 26.7. The molecule has 1 atom stereocenters. The molecular formula is C29H31Cl4N3O4S. The van der Waals surface area contributed by atoms with Gasteiger partial charge in [0.2, 0.25) is 11.8 Å². The van der Waals surface area contributed by atoms with Crippen molar-refractivity contribution in [2.75, 3.05) is 17.4 Å². The van der Waals surface area contributed by atoms with Crippen LogP contribution in [-0.4, -0.2) is 44.3 Å². The van der Waals surface area contributed by atoms with Crippen molar-refractivity contribution in [3.63, 3.8) is 0 Å². The van der Waals surface area contributed by atoms with Crippen molar-refractivity contribution in [3.8, 4) is 0 Å². The van der Waals surface area contributed by atoms with Gasteiger partial charge in [-0.25, -0.2) is 8.42 Å². The number of nitrogens with one attached hydrogen (secondary N) is 1. The Balaban J connectivity index is 2.10. The van der Waals surface area contributed by atoms with Crippen LogP contribution in [0.3, 0.4) is 0 Å². The molecule has 220 valence electrons. The Morgan fingerprint density at radius 2 is 1.51 bits per heavy atom. The van der Waals surface area contributed by atoms with Crippen LogP contribution in [0.15, 0.2) is 65.6 Å². The van der Waals surface area contributed by atoms with Gasteiger partial charge in [0.15, 0.2) is 0 Å². The van der Waals surface area contributed by atoms with Crippen LogP contribution < -0.4 is 9.62 Å². The first-order valence-corrected chi connectivity index (χ1v) is 15.9. The maximum atomic E-state index is 14.1. The maximum absolute atomic E-state index is 14.1. The van der Waals surface area contributed by atoms with E-state index in [-0.39, 0.29) is 44.5 Å². The monoisotopic (exact) mass is 657 g/mol. The van der Waals surface area contributed by atoms with Gasteiger partial charge in [0, 0.05) is 23.1 Å². The van der Waals surface area contributed by atoms with Crippen LogP contribution in [0.5, 0.6) is 0 Å². The van der Waals surface area contributed by atoms with Gasteiger partial charge in [-0.15, -0.1) is 0 Å². The van der Waals surface area contributed by atoms with Crippen molar-refractivity contribution >= 4 is 73.9 Å². The van der Waals surface area contributed by atoms with E-state index in [0.717, 1.165) is 9.87 Å². The molecule has 0 bridgehead atoms. The number of rotatable bonds is 12. The highest BCUT2D eigenvalue weighted by molar-refractivity contribution is 7.92. The predicted octanol–water partition coefficient (Wildman–Crippen LogP) is 7.14. The first kappa shape index (κ1) is 33.0. The van der Waals surface area contributed by atoms with E-state index >= 15 is 0 Å². The van der Waals surface area contributed by atoms with E-state index in [0.29, 0.717) is 23.6 Å². The molecule has 0 aromatic heterocycles. The summed E-state index contributed by atoms with van der Waals surface area (Å²) in [5, 5.41) is 3.86. The quantitative estimate of drug-likeness (QED) is 0.224. The van der Waals surface area contributed by atoms with Crippen molar-refractivity contribution in [1.29, 1.82) is 0 Å². The number of aryl methyl sites for hydroxylation is 1. The lowest BCUT2D eigenvalue weighted by atomic mass is 10.1. The van der Waals surface area contributed by atoms with Gasteiger partial charge in [0.25, 0.3) is 10.0 Å². The molecule has 0 heterocycles. The van der Waals surface area contributed by atoms with Gasteiger partial charge in [0.05, 0.1) is 20.6 Å². The Bertz CT molecular complexity index is 1480. The first-order valence-electron chi connectivity index (χ1n) is 12.9. The number of hydrogen-bond acceptors (Lipinski definition) is 4.